The van der Waals surface area contributed by atoms with Crippen molar-refractivity contribution < 1.29 is 22.8 Å². The van der Waals surface area contributed by atoms with E-state index in [2.05, 4.69) is 10.6 Å². The van der Waals surface area contributed by atoms with Gasteiger partial charge in [-0.2, -0.15) is 13.2 Å². The van der Waals surface area contributed by atoms with Crippen molar-refractivity contribution in [2.24, 2.45) is 5.92 Å². The molecule has 1 aliphatic heterocycles. The van der Waals surface area contributed by atoms with Crippen LogP contribution in [-0.4, -0.2) is 41.5 Å². The molecule has 9 heteroatoms. The van der Waals surface area contributed by atoms with Crippen LogP contribution in [0.15, 0.2) is 29.2 Å². The van der Waals surface area contributed by atoms with Crippen LogP contribution in [0.4, 0.5) is 23.7 Å². The third-order valence-corrected chi connectivity index (χ3v) is 4.82. The summed E-state index contributed by atoms with van der Waals surface area (Å²) >= 11 is -0.230. The maximum absolute atomic E-state index is 12.4. The van der Waals surface area contributed by atoms with E-state index in [1.54, 1.807) is 0 Å². The fourth-order valence-electron chi connectivity index (χ4n) is 2.87. The van der Waals surface area contributed by atoms with Crippen molar-refractivity contribution >= 4 is 29.4 Å². The molecule has 3 rings (SSSR count). The van der Waals surface area contributed by atoms with Gasteiger partial charge >= 0.3 is 11.5 Å². The molecular formula is C16H18F3N3O2S. The normalized spacial score (nSPS) is 20.7. The molecule has 0 bridgehead atoms. The molecule has 0 aromatic heterocycles. The van der Waals surface area contributed by atoms with Crippen LogP contribution in [-0.2, 0) is 4.79 Å². The summed E-state index contributed by atoms with van der Waals surface area (Å²) in [4.78, 5) is 25.7. The van der Waals surface area contributed by atoms with Crippen LogP contribution in [0.1, 0.15) is 19.3 Å². The zero-order valence-electron chi connectivity index (χ0n) is 13.3. The Bertz CT molecular complexity index is 664. The van der Waals surface area contributed by atoms with E-state index in [1.165, 1.54) is 24.3 Å². The molecule has 2 fully saturated rings. The van der Waals surface area contributed by atoms with Crippen molar-refractivity contribution in [3.05, 3.63) is 24.3 Å². The van der Waals surface area contributed by atoms with Gasteiger partial charge in [0.25, 0.3) is 0 Å². The first-order valence-electron chi connectivity index (χ1n) is 8.00. The Morgan fingerprint density at radius 1 is 1.32 bits per heavy atom. The molecule has 1 atom stereocenters. The summed E-state index contributed by atoms with van der Waals surface area (Å²) in [6, 6.07) is 5.45. The second-order valence-corrected chi connectivity index (χ2v) is 7.40. The van der Waals surface area contributed by atoms with Crippen LogP contribution in [0.5, 0.6) is 0 Å². The first kappa shape index (κ1) is 17.9. The van der Waals surface area contributed by atoms with E-state index in [-0.39, 0.29) is 34.2 Å². The number of hydrogen-bond acceptors (Lipinski definition) is 3. The Morgan fingerprint density at radius 3 is 2.76 bits per heavy atom. The van der Waals surface area contributed by atoms with Crippen LogP contribution >= 0.6 is 11.8 Å². The highest BCUT2D eigenvalue weighted by atomic mass is 32.2. The minimum Gasteiger partial charge on any atom is -0.339 e. The number of urea groups is 1. The van der Waals surface area contributed by atoms with Crippen molar-refractivity contribution in [3.63, 3.8) is 0 Å². The molecule has 3 amide bonds. The Labute approximate surface area is 147 Å². The standard InChI is InChI=1S/C16H18F3N3O2S/c17-16(18,19)25-13-3-1-2-11(7-13)21-15(24)20-8-10-6-14(23)22(9-10)12-4-5-12/h1-3,7,10,12H,4-6,8-9H2,(H2,20,21,24)/t10-/m0/s1. The molecule has 1 aromatic carbocycles. The van der Waals surface area contributed by atoms with Gasteiger partial charge in [0.15, 0.2) is 0 Å². The number of anilines is 1. The summed E-state index contributed by atoms with van der Waals surface area (Å²) in [7, 11) is 0. The molecule has 1 aromatic rings. The molecular weight excluding hydrogens is 355 g/mol. The number of nitrogens with one attached hydrogen (secondary N) is 2. The van der Waals surface area contributed by atoms with Gasteiger partial charge in [0.1, 0.15) is 0 Å². The van der Waals surface area contributed by atoms with Crippen LogP contribution in [0.2, 0.25) is 0 Å². The lowest BCUT2D eigenvalue weighted by Gasteiger charge is -2.16. The van der Waals surface area contributed by atoms with Crippen molar-refractivity contribution in [3.8, 4) is 0 Å². The van der Waals surface area contributed by atoms with Gasteiger partial charge in [-0.1, -0.05) is 6.07 Å². The number of carbonyl (C=O) groups is 2. The number of likely N-dealkylation sites (tertiary alicyclic amines) is 1. The Kier molecular flexibility index (Phi) is 5.12. The number of amides is 3. The molecule has 1 aliphatic carbocycles. The largest absolute Gasteiger partial charge is 0.446 e. The number of nitrogens with zero attached hydrogens (tertiary/aromatic N) is 1. The lowest BCUT2D eigenvalue weighted by molar-refractivity contribution is -0.128. The Balaban J connectivity index is 1.46. The van der Waals surface area contributed by atoms with E-state index in [1.807, 2.05) is 4.90 Å². The molecule has 25 heavy (non-hydrogen) atoms. The van der Waals surface area contributed by atoms with Crippen LogP contribution in [0.3, 0.4) is 0 Å². The summed E-state index contributed by atoms with van der Waals surface area (Å²) in [6.07, 6.45) is 2.53. The molecule has 5 nitrogen and oxygen atoms in total. The predicted molar refractivity (Wildman–Crippen MR) is 88.2 cm³/mol. The number of thioether (sulfide) groups is 1. The first-order chi connectivity index (χ1) is 11.8. The minimum atomic E-state index is -4.37. The topological polar surface area (TPSA) is 61.4 Å². The molecule has 1 heterocycles. The lowest BCUT2D eigenvalue weighted by Crippen LogP contribution is -2.34. The highest BCUT2D eigenvalue weighted by Crippen LogP contribution is 2.37. The minimum absolute atomic E-state index is 0.00626. The molecule has 1 saturated carbocycles. The lowest BCUT2D eigenvalue weighted by atomic mass is 10.1. The highest BCUT2D eigenvalue weighted by Gasteiger charge is 2.39. The van der Waals surface area contributed by atoms with Crippen molar-refractivity contribution in [1.82, 2.24) is 10.2 Å². The summed E-state index contributed by atoms with van der Waals surface area (Å²) in [5, 5.41) is 5.20. The average molecular weight is 373 g/mol. The average Bonchev–Trinajstić information content (AvgIpc) is 3.27. The summed E-state index contributed by atoms with van der Waals surface area (Å²) in [5.41, 5.74) is -4.09. The van der Waals surface area contributed by atoms with Gasteiger partial charge in [0.2, 0.25) is 5.91 Å². The van der Waals surface area contributed by atoms with Crippen molar-refractivity contribution in [2.45, 2.75) is 35.7 Å². The molecule has 2 aliphatic rings. The van der Waals surface area contributed by atoms with E-state index in [9.17, 15) is 22.8 Å². The van der Waals surface area contributed by atoms with E-state index in [0.717, 1.165) is 12.8 Å². The molecule has 1 saturated heterocycles. The fraction of sp³-hybridized carbons (Fsp3) is 0.500. The summed E-state index contributed by atoms with van der Waals surface area (Å²) in [6.45, 7) is 1.01. The van der Waals surface area contributed by atoms with Gasteiger partial charge in [-0.05, 0) is 42.8 Å². The van der Waals surface area contributed by atoms with Gasteiger partial charge in [0.05, 0.1) is 0 Å². The number of hydrogen-bond donors (Lipinski definition) is 2. The first-order valence-corrected chi connectivity index (χ1v) is 8.82. The third kappa shape index (κ3) is 5.29. The second-order valence-electron chi connectivity index (χ2n) is 6.26. The van der Waals surface area contributed by atoms with Crippen molar-refractivity contribution in [1.29, 1.82) is 0 Å². The van der Waals surface area contributed by atoms with E-state index >= 15 is 0 Å². The van der Waals surface area contributed by atoms with Gasteiger partial charge < -0.3 is 15.5 Å². The number of halogens is 3. The van der Waals surface area contributed by atoms with E-state index < -0.39 is 11.5 Å². The SMILES string of the molecule is O=C(NC[C@@H]1CC(=O)N(C2CC2)C1)Nc1cccc(SC(F)(F)F)c1. The van der Waals surface area contributed by atoms with Crippen LogP contribution < -0.4 is 10.6 Å². The maximum Gasteiger partial charge on any atom is 0.446 e. The predicted octanol–water partition coefficient (Wildman–Crippen LogP) is 3.43. The van der Waals surface area contributed by atoms with Gasteiger partial charge in [-0.3, -0.25) is 4.79 Å². The molecule has 136 valence electrons. The number of carbonyl (C=O) groups excluding carboxylic acids is 2. The van der Waals surface area contributed by atoms with E-state index in [0.29, 0.717) is 25.6 Å². The molecule has 2 N–H and O–H groups in total. The number of alkyl halides is 3. The van der Waals surface area contributed by atoms with Gasteiger partial charge in [-0.15, -0.1) is 0 Å². The van der Waals surface area contributed by atoms with Gasteiger partial charge in [0, 0.05) is 42.1 Å². The quantitative estimate of drug-likeness (QED) is 0.778. The van der Waals surface area contributed by atoms with Crippen LogP contribution in [0.25, 0.3) is 0 Å². The maximum atomic E-state index is 12.4. The molecule has 0 spiro atoms. The van der Waals surface area contributed by atoms with Gasteiger partial charge in [-0.25, -0.2) is 4.79 Å². The third-order valence-electron chi connectivity index (χ3n) is 4.10. The van der Waals surface area contributed by atoms with E-state index in [4.69, 9.17) is 0 Å². The monoisotopic (exact) mass is 373 g/mol. The smallest absolute Gasteiger partial charge is 0.339 e. The van der Waals surface area contributed by atoms with Crippen LogP contribution in [0, 0.1) is 5.92 Å². The Hall–Kier alpha value is -1.90. The fourth-order valence-corrected chi connectivity index (χ4v) is 3.47. The highest BCUT2D eigenvalue weighted by molar-refractivity contribution is 8.00. The second kappa shape index (κ2) is 7.15. The van der Waals surface area contributed by atoms with Crippen molar-refractivity contribution in [2.75, 3.05) is 18.4 Å². The summed E-state index contributed by atoms with van der Waals surface area (Å²) in [5.74, 6) is 0.206. The summed E-state index contributed by atoms with van der Waals surface area (Å²) < 4.78 is 37.2. The number of rotatable bonds is 5. The Morgan fingerprint density at radius 2 is 2.08 bits per heavy atom. The zero-order chi connectivity index (χ0) is 18.0. The number of benzene rings is 1. The molecule has 0 radical (unpaired) electrons. The molecule has 0 unspecified atom stereocenters. The zero-order valence-corrected chi connectivity index (χ0v) is 14.1.